The Hall–Kier alpha value is -2.38. The number of nitrogens with zero attached hydrogens (tertiary/aromatic N) is 2. The molecule has 1 aromatic carbocycles. The minimum atomic E-state index is -0.179. The molecule has 1 aliphatic rings. The summed E-state index contributed by atoms with van der Waals surface area (Å²) in [7, 11) is 0. The van der Waals surface area contributed by atoms with E-state index >= 15 is 0 Å². The van der Waals surface area contributed by atoms with E-state index in [9.17, 15) is 9.59 Å². The number of rotatable bonds is 3. The number of aromatic nitrogens is 2. The molecule has 3 N–H and O–H groups in total. The largest absolute Gasteiger partial charge is 0.360 e. The molecule has 136 valence electrons. The van der Waals surface area contributed by atoms with Gasteiger partial charge in [-0.05, 0) is 38.3 Å². The molecular weight excluding hydrogens is 356 g/mol. The highest BCUT2D eigenvalue weighted by molar-refractivity contribution is 6.37. The third-order valence-corrected chi connectivity index (χ3v) is 5.42. The zero-order valence-electron chi connectivity index (χ0n) is 14.3. The van der Waals surface area contributed by atoms with Crippen LogP contribution in [-0.4, -0.2) is 28.2 Å². The molecule has 0 spiro atoms. The van der Waals surface area contributed by atoms with E-state index < -0.39 is 0 Å². The Kier molecular flexibility index (Phi) is 4.20. The number of carbonyl (C=O) groups excluding carboxylic acids is 1. The van der Waals surface area contributed by atoms with Crippen molar-refractivity contribution >= 4 is 39.3 Å². The standard InChI is InChI=1S/C18H19ClN4O3/c1-9-15-17(22-26-9)16-12(19)3-2-4-13(16)23(18(15)25)11-6-5-10(7-11)21-14(24)8-20/h2-4,10-11H,5-8,20H2,1H3,(H,21,24). The summed E-state index contributed by atoms with van der Waals surface area (Å²) in [5.74, 6) is 0.299. The van der Waals surface area contributed by atoms with Crippen molar-refractivity contribution in [1.82, 2.24) is 15.0 Å². The highest BCUT2D eigenvalue weighted by Gasteiger charge is 2.30. The molecule has 4 rings (SSSR count). The molecule has 0 bridgehead atoms. The molecule has 2 heterocycles. The van der Waals surface area contributed by atoms with Crippen LogP contribution in [0.5, 0.6) is 0 Å². The van der Waals surface area contributed by atoms with Crippen molar-refractivity contribution in [3.63, 3.8) is 0 Å². The van der Waals surface area contributed by atoms with Gasteiger partial charge in [-0.2, -0.15) is 0 Å². The first kappa shape index (κ1) is 17.1. The lowest BCUT2D eigenvalue weighted by Crippen LogP contribution is -2.37. The lowest BCUT2D eigenvalue weighted by molar-refractivity contribution is -0.120. The highest BCUT2D eigenvalue weighted by atomic mass is 35.5. The van der Waals surface area contributed by atoms with E-state index in [4.69, 9.17) is 21.9 Å². The van der Waals surface area contributed by atoms with Gasteiger partial charge in [0.2, 0.25) is 5.91 Å². The molecule has 2 atom stereocenters. The molecule has 1 aliphatic carbocycles. The smallest absolute Gasteiger partial charge is 0.264 e. The number of halogens is 1. The fourth-order valence-corrected chi connectivity index (χ4v) is 4.20. The Bertz CT molecular complexity index is 1070. The summed E-state index contributed by atoms with van der Waals surface area (Å²) in [6, 6.07) is 5.45. The van der Waals surface area contributed by atoms with Crippen LogP contribution in [0.15, 0.2) is 27.5 Å². The first-order valence-electron chi connectivity index (χ1n) is 8.59. The fourth-order valence-electron chi connectivity index (χ4n) is 3.94. The van der Waals surface area contributed by atoms with Crippen LogP contribution >= 0.6 is 11.6 Å². The number of aryl methyl sites for hydroxylation is 1. The zero-order valence-corrected chi connectivity index (χ0v) is 15.0. The third kappa shape index (κ3) is 2.59. The molecule has 1 fully saturated rings. The van der Waals surface area contributed by atoms with Crippen LogP contribution in [0.4, 0.5) is 0 Å². The van der Waals surface area contributed by atoms with Crippen LogP contribution in [0.25, 0.3) is 21.8 Å². The number of pyridine rings is 1. The van der Waals surface area contributed by atoms with Gasteiger partial charge in [0.25, 0.3) is 5.56 Å². The lowest BCUT2D eigenvalue weighted by atomic mass is 10.1. The van der Waals surface area contributed by atoms with Crippen LogP contribution in [0.3, 0.4) is 0 Å². The molecule has 0 saturated heterocycles. The predicted octanol–water partition coefficient (Wildman–Crippen LogP) is 2.27. The molecule has 0 radical (unpaired) electrons. The van der Waals surface area contributed by atoms with Gasteiger partial charge in [-0.15, -0.1) is 0 Å². The Morgan fingerprint density at radius 3 is 3.00 bits per heavy atom. The van der Waals surface area contributed by atoms with E-state index in [-0.39, 0.29) is 30.1 Å². The molecular formula is C18H19ClN4O3. The summed E-state index contributed by atoms with van der Waals surface area (Å²) in [5, 5.41) is 8.68. The Balaban J connectivity index is 1.88. The van der Waals surface area contributed by atoms with Crippen LogP contribution < -0.4 is 16.6 Å². The van der Waals surface area contributed by atoms with Gasteiger partial charge in [-0.3, -0.25) is 9.59 Å². The second kappa shape index (κ2) is 6.41. The Labute approximate surface area is 154 Å². The number of hydrogen-bond acceptors (Lipinski definition) is 5. The second-order valence-electron chi connectivity index (χ2n) is 6.71. The number of nitrogens with one attached hydrogen (secondary N) is 1. The molecule has 3 aromatic rings. The molecule has 2 aromatic heterocycles. The van der Waals surface area contributed by atoms with Crippen LogP contribution in [0.1, 0.15) is 31.1 Å². The number of hydrogen-bond donors (Lipinski definition) is 2. The van der Waals surface area contributed by atoms with E-state index in [2.05, 4.69) is 10.5 Å². The van der Waals surface area contributed by atoms with Crippen molar-refractivity contribution in [1.29, 1.82) is 0 Å². The van der Waals surface area contributed by atoms with Gasteiger partial charge in [-0.1, -0.05) is 22.8 Å². The van der Waals surface area contributed by atoms with E-state index in [0.29, 0.717) is 28.1 Å². The van der Waals surface area contributed by atoms with Crippen molar-refractivity contribution in [2.24, 2.45) is 5.73 Å². The normalized spacial score (nSPS) is 20.1. The van der Waals surface area contributed by atoms with Crippen molar-refractivity contribution in [3.05, 3.63) is 39.3 Å². The van der Waals surface area contributed by atoms with Crippen LogP contribution in [0, 0.1) is 6.92 Å². The van der Waals surface area contributed by atoms with Gasteiger partial charge in [-0.25, -0.2) is 0 Å². The van der Waals surface area contributed by atoms with Crippen molar-refractivity contribution in [2.75, 3.05) is 6.54 Å². The molecule has 8 heteroatoms. The topological polar surface area (TPSA) is 103 Å². The van der Waals surface area contributed by atoms with Gasteiger partial charge in [0, 0.05) is 17.5 Å². The molecule has 7 nitrogen and oxygen atoms in total. The summed E-state index contributed by atoms with van der Waals surface area (Å²) in [6.45, 7) is 1.69. The number of carbonyl (C=O) groups is 1. The predicted molar refractivity (Wildman–Crippen MR) is 99.4 cm³/mol. The van der Waals surface area contributed by atoms with Crippen molar-refractivity contribution in [2.45, 2.75) is 38.3 Å². The SMILES string of the molecule is Cc1onc2c1c(=O)n(C1CCC(NC(=O)CN)C1)c1cccc(Cl)c21. The summed E-state index contributed by atoms with van der Waals surface area (Å²) in [6.07, 6.45) is 2.25. The van der Waals surface area contributed by atoms with Crippen molar-refractivity contribution in [3.8, 4) is 0 Å². The second-order valence-corrected chi connectivity index (χ2v) is 7.11. The van der Waals surface area contributed by atoms with Crippen molar-refractivity contribution < 1.29 is 9.32 Å². The van der Waals surface area contributed by atoms with Crippen LogP contribution in [-0.2, 0) is 4.79 Å². The minimum Gasteiger partial charge on any atom is -0.360 e. The molecule has 26 heavy (non-hydrogen) atoms. The molecule has 2 unspecified atom stereocenters. The highest BCUT2D eigenvalue weighted by Crippen LogP contribution is 2.35. The summed E-state index contributed by atoms with van der Waals surface area (Å²) < 4.78 is 7.05. The molecule has 1 amide bonds. The number of amides is 1. The van der Waals surface area contributed by atoms with Gasteiger partial charge < -0.3 is 20.1 Å². The van der Waals surface area contributed by atoms with E-state index in [1.807, 2.05) is 12.1 Å². The first-order valence-corrected chi connectivity index (χ1v) is 8.97. The summed E-state index contributed by atoms with van der Waals surface area (Å²) in [5.41, 5.74) is 6.47. The third-order valence-electron chi connectivity index (χ3n) is 5.10. The fraction of sp³-hybridized carbons (Fsp3) is 0.389. The van der Waals surface area contributed by atoms with Gasteiger partial charge in [0.15, 0.2) is 0 Å². The average molecular weight is 375 g/mol. The monoisotopic (exact) mass is 374 g/mol. The number of nitrogens with two attached hydrogens (primary N) is 1. The summed E-state index contributed by atoms with van der Waals surface area (Å²) in [4.78, 5) is 24.8. The minimum absolute atomic E-state index is 0.0106. The first-order chi connectivity index (χ1) is 12.5. The quantitative estimate of drug-likeness (QED) is 0.732. The maximum atomic E-state index is 13.2. The Morgan fingerprint density at radius 2 is 2.23 bits per heavy atom. The maximum absolute atomic E-state index is 13.2. The van der Waals surface area contributed by atoms with E-state index in [1.165, 1.54) is 0 Å². The van der Waals surface area contributed by atoms with Gasteiger partial charge >= 0.3 is 0 Å². The molecule has 0 aliphatic heterocycles. The number of benzene rings is 1. The maximum Gasteiger partial charge on any atom is 0.264 e. The summed E-state index contributed by atoms with van der Waals surface area (Å²) >= 11 is 6.42. The van der Waals surface area contributed by atoms with Crippen LogP contribution in [0.2, 0.25) is 5.02 Å². The Morgan fingerprint density at radius 1 is 1.42 bits per heavy atom. The number of fused-ring (bicyclic) bond motifs is 3. The van der Waals surface area contributed by atoms with E-state index in [1.54, 1.807) is 17.6 Å². The molecule has 1 saturated carbocycles. The lowest BCUT2D eigenvalue weighted by Gasteiger charge is -2.19. The van der Waals surface area contributed by atoms with Gasteiger partial charge in [0.1, 0.15) is 16.7 Å². The average Bonchev–Trinajstić information content (AvgIpc) is 3.22. The van der Waals surface area contributed by atoms with Gasteiger partial charge in [0.05, 0.1) is 17.1 Å². The zero-order chi connectivity index (χ0) is 18.4. The van der Waals surface area contributed by atoms with E-state index in [0.717, 1.165) is 23.7 Å².